The van der Waals surface area contributed by atoms with Crippen LogP contribution in [0.1, 0.15) is 15.9 Å². The summed E-state index contributed by atoms with van der Waals surface area (Å²) in [4.78, 5) is 12.2. The third-order valence-corrected chi connectivity index (χ3v) is 3.07. The van der Waals surface area contributed by atoms with Crippen molar-refractivity contribution in [3.63, 3.8) is 0 Å². The van der Waals surface area contributed by atoms with E-state index in [0.717, 1.165) is 12.1 Å². The fourth-order valence-electron chi connectivity index (χ4n) is 2.25. The van der Waals surface area contributed by atoms with Gasteiger partial charge in [0.1, 0.15) is 5.75 Å². The van der Waals surface area contributed by atoms with E-state index in [2.05, 4.69) is 0 Å². The number of fused-ring (bicyclic) bond motifs is 3. The lowest BCUT2D eigenvalue weighted by molar-refractivity contribution is 0.104. The molecule has 0 saturated carbocycles. The van der Waals surface area contributed by atoms with E-state index < -0.39 is 11.6 Å². The van der Waals surface area contributed by atoms with Gasteiger partial charge in [0, 0.05) is 5.56 Å². The molecule has 2 nitrogen and oxygen atoms in total. The number of carbonyl (C=O) groups is 1. The molecule has 0 saturated heterocycles. The van der Waals surface area contributed by atoms with Gasteiger partial charge in [-0.15, -0.1) is 0 Å². The third kappa shape index (κ3) is 1.29. The highest BCUT2D eigenvalue weighted by Gasteiger charge is 2.31. The minimum absolute atomic E-state index is 0.174. The average Bonchev–Trinajstić information content (AvgIpc) is 2.64. The fourth-order valence-corrected chi connectivity index (χ4v) is 2.25. The highest BCUT2D eigenvalue weighted by atomic mass is 19.2. The summed E-state index contributed by atoms with van der Waals surface area (Å²) >= 11 is 0. The molecule has 0 unspecified atom stereocenters. The summed E-state index contributed by atoms with van der Waals surface area (Å²) in [5.41, 5.74) is 1.52. The summed E-state index contributed by atoms with van der Waals surface area (Å²) < 4.78 is 31.6. The molecule has 4 heteroatoms. The van der Waals surface area contributed by atoms with Crippen LogP contribution in [0.2, 0.25) is 0 Å². The zero-order valence-corrected chi connectivity index (χ0v) is 9.46. The number of methoxy groups -OCH3 is 1. The van der Waals surface area contributed by atoms with Gasteiger partial charge < -0.3 is 4.74 Å². The van der Waals surface area contributed by atoms with E-state index >= 15 is 0 Å². The lowest BCUT2D eigenvalue weighted by Gasteiger charge is -2.05. The summed E-state index contributed by atoms with van der Waals surface area (Å²) in [6.45, 7) is 0. The molecular weight excluding hydrogens is 238 g/mol. The van der Waals surface area contributed by atoms with Gasteiger partial charge in [-0.2, -0.15) is 0 Å². The Balaban J connectivity index is 2.35. The zero-order chi connectivity index (χ0) is 12.9. The molecule has 2 aromatic rings. The van der Waals surface area contributed by atoms with Crippen LogP contribution in [-0.2, 0) is 0 Å². The van der Waals surface area contributed by atoms with Crippen molar-refractivity contribution >= 4 is 5.78 Å². The molecule has 1 aliphatic carbocycles. The summed E-state index contributed by atoms with van der Waals surface area (Å²) in [6, 6.07) is 7.04. The van der Waals surface area contributed by atoms with Crippen molar-refractivity contribution in [2.75, 3.05) is 7.11 Å². The molecule has 3 rings (SSSR count). The first-order valence-electron chi connectivity index (χ1n) is 5.34. The number of ether oxygens (including phenoxy) is 1. The molecule has 0 spiro atoms. The second-order valence-corrected chi connectivity index (χ2v) is 4.02. The monoisotopic (exact) mass is 246 g/mol. The minimum Gasteiger partial charge on any atom is -0.496 e. The van der Waals surface area contributed by atoms with E-state index in [-0.39, 0.29) is 11.3 Å². The van der Waals surface area contributed by atoms with Crippen LogP contribution >= 0.6 is 0 Å². The van der Waals surface area contributed by atoms with E-state index in [1.807, 2.05) is 0 Å². The van der Waals surface area contributed by atoms with Crippen molar-refractivity contribution in [1.29, 1.82) is 0 Å². The van der Waals surface area contributed by atoms with Gasteiger partial charge in [0.15, 0.2) is 17.4 Å². The molecule has 0 aliphatic heterocycles. The summed E-state index contributed by atoms with van der Waals surface area (Å²) in [5, 5.41) is 0. The fraction of sp³-hybridized carbons (Fsp3) is 0.0714. The van der Waals surface area contributed by atoms with Crippen LogP contribution in [0.3, 0.4) is 0 Å². The number of hydrogen-bond acceptors (Lipinski definition) is 2. The molecular formula is C14H8F2O2. The predicted octanol–water partition coefficient (Wildman–Crippen LogP) is 3.18. The lowest BCUT2D eigenvalue weighted by atomic mass is 10.1. The first-order chi connectivity index (χ1) is 8.63. The van der Waals surface area contributed by atoms with Gasteiger partial charge in [0.25, 0.3) is 0 Å². The summed E-state index contributed by atoms with van der Waals surface area (Å²) in [6.07, 6.45) is 0. The highest BCUT2D eigenvalue weighted by Crippen LogP contribution is 2.41. The second kappa shape index (κ2) is 3.63. The van der Waals surface area contributed by atoms with Gasteiger partial charge in [0.05, 0.1) is 12.7 Å². The molecule has 0 heterocycles. The lowest BCUT2D eigenvalue weighted by Crippen LogP contribution is -1.99. The molecule has 0 bridgehead atoms. The highest BCUT2D eigenvalue weighted by molar-refractivity contribution is 6.23. The maximum Gasteiger partial charge on any atom is 0.198 e. The maximum atomic E-state index is 13.3. The molecule has 0 amide bonds. The van der Waals surface area contributed by atoms with Crippen LogP contribution in [0.15, 0.2) is 30.3 Å². The zero-order valence-electron chi connectivity index (χ0n) is 9.46. The molecule has 18 heavy (non-hydrogen) atoms. The van der Waals surface area contributed by atoms with E-state index in [0.29, 0.717) is 22.4 Å². The van der Waals surface area contributed by atoms with E-state index in [4.69, 9.17) is 4.74 Å². The van der Waals surface area contributed by atoms with Gasteiger partial charge in [0.2, 0.25) is 0 Å². The van der Waals surface area contributed by atoms with E-state index in [1.165, 1.54) is 7.11 Å². The first-order valence-corrected chi connectivity index (χ1v) is 5.34. The minimum atomic E-state index is -1.02. The summed E-state index contributed by atoms with van der Waals surface area (Å²) in [5.74, 6) is -1.91. The number of halogens is 2. The number of carbonyl (C=O) groups excluding carboxylic acids is 1. The van der Waals surface area contributed by atoms with Crippen LogP contribution in [0.25, 0.3) is 11.1 Å². The molecule has 90 valence electrons. The Morgan fingerprint density at radius 1 is 1.00 bits per heavy atom. The van der Waals surface area contributed by atoms with Crippen LogP contribution in [0.5, 0.6) is 5.75 Å². The SMILES string of the molecule is COc1cccc2c1C(=O)c1cc(F)c(F)cc1-2. The Labute approximate surface area is 102 Å². The van der Waals surface area contributed by atoms with Crippen molar-refractivity contribution in [1.82, 2.24) is 0 Å². The molecule has 2 aromatic carbocycles. The Morgan fingerprint density at radius 3 is 2.33 bits per heavy atom. The van der Waals surface area contributed by atoms with Gasteiger partial charge >= 0.3 is 0 Å². The van der Waals surface area contributed by atoms with Crippen LogP contribution in [0, 0.1) is 11.6 Å². The topological polar surface area (TPSA) is 26.3 Å². The molecule has 0 aromatic heterocycles. The average molecular weight is 246 g/mol. The number of benzene rings is 2. The summed E-state index contributed by atoms with van der Waals surface area (Å²) in [7, 11) is 1.45. The predicted molar refractivity (Wildman–Crippen MR) is 61.8 cm³/mol. The number of ketones is 1. The van der Waals surface area contributed by atoms with Gasteiger partial charge in [-0.1, -0.05) is 12.1 Å². The standard InChI is InChI=1S/C14H8F2O2/c1-18-12-4-2-3-7-8-5-10(15)11(16)6-9(8)14(17)13(7)12/h2-6H,1H3. The molecule has 1 aliphatic rings. The van der Waals surface area contributed by atoms with Crippen LogP contribution in [-0.4, -0.2) is 12.9 Å². The smallest absolute Gasteiger partial charge is 0.198 e. The molecule has 0 N–H and O–H groups in total. The van der Waals surface area contributed by atoms with E-state index in [1.54, 1.807) is 18.2 Å². The van der Waals surface area contributed by atoms with Gasteiger partial charge in [-0.25, -0.2) is 8.78 Å². The van der Waals surface area contributed by atoms with Crippen molar-refractivity contribution in [3.8, 4) is 16.9 Å². The van der Waals surface area contributed by atoms with Crippen molar-refractivity contribution in [3.05, 3.63) is 53.1 Å². The van der Waals surface area contributed by atoms with Crippen molar-refractivity contribution in [2.24, 2.45) is 0 Å². The Hall–Kier alpha value is -2.23. The van der Waals surface area contributed by atoms with E-state index in [9.17, 15) is 13.6 Å². The number of hydrogen-bond donors (Lipinski definition) is 0. The van der Waals surface area contributed by atoms with Crippen LogP contribution in [0.4, 0.5) is 8.78 Å². The second-order valence-electron chi connectivity index (χ2n) is 4.02. The normalized spacial score (nSPS) is 12.3. The van der Waals surface area contributed by atoms with Gasteiger partial charge in [-0.3, -0.25) is 4.79 Å². The van der Waals surface area contributed by atoms with Gasteiger partial charge in [-0.05, 0) is 29.3 Å². The largest absolute Gasteiger partial charge is 0.496 e. The molecule has 0 atom stereocenters. The van der Waals surface area contributed by atoms with Crippen molar-refractivity contribution < 1.29 is 18.3 Å². The molecule has 0 radical (unpaired) electrons. The third-order valence-electron chi connectivity index (χ3n) is 3.07. The number of rotatable bonds is 1. The van der Waals surface area contributed by atoms with Crippen molar-refractivity contribution in [2.45, 2.75) is 0 Å². The van der Waals surface area contributed by atoms with Crippen LogP contribution < -0.4 is 4.74 Å². The molecule has 0 fully saturated rings. The maximum absolute atomic E-state index is 13.3. The Morgan fingerprint density at radius 2 is 1.67 bits per heavy atom. The first kappa shape index (κ1) is 10.9. The Kier molecular flexibility index (Phi) is 2.20. The Bertz CT molecular complexity index is 678. The quantitative estimate of drug-likeness (QED) is 0.659.